The second-order valence-corrected chi connectivity index (χ2v) is 7.79. The van der Waals surface area contributed by atoms with Crippen LogP contribution in [0.3, 0.4) is 0 Å². The van der Waals surface area contributed by atoms with Crippen molar-refractivity contribution in [3.8, 4) is 5.69 Å². The van der Waals surface area contributed by atoms with E-state index < -0.39 is 0 Å². The van der Waals surface area contributed by atoms with Gasteiger partial charge in [0.15, 0.2) is 21.4 Å². The summed E-state index contributed by atoms with van der Waals surface area (Å²) in [4.78, 5) is 11.4. The first-order valence-corrected chi connectivity index (χ1v) is 10.2. The summed E-state index contributed by atoms with van der Waals surface area (Å²) in [5, 5.41) is 11.3. The molecule has 128 valence electrons. The van der Waals surface area contributed by atoms with Crippen LogP contribution in [-0.2, 0) is 8.62 Å². The van der Waals surface area contributed by atoms with E-state index >= 15 is 0 Å². The van der Waals surface area contributed by atoms with Gasteiger partial charge in [-0.3, -0.25) is 9.36 Å². The predicted octanol–water partition coefficient (Wildman–Crippen LogP) is 5.01. The molecule has 2 aromatic carbocycles. The van der Waals surface area contributed by atoms with Crippen molar-refractivity contribution in [1.82, 2.24) is 14.8 Å². The number of carbonyl (C=O) groups is 1. The van der Waals surface area contributed by atoms with Gasteiger partial charge < -0.3 is 3.83 Å². The Balaban J connectivity index is 1.81. The predicted molar refractivity (Wildman–Crippen MR) is 104 cm³/mol. The first-order chi connectivity index (χ1) is 12.2. The molecule has 8 heteroatoms. The van der Waals surface area contributed by atoms with Crippen LogP contribution in [0, 0.1) is 0 Å². The molecule has 1 aliphatic rings. The second kappa shape index (κ2) is 7.09. The van der Waals surface area contributed by atoms with E-state index in [2.05, 4.69) is 76.5 Å². The lowest BCUT2D eigenvalue weighted by Gasteiger charge is -2.13. The Morgan fingerprint density at radius 1 is 1.20 bits per heavy atom. The SMILES string of the molecule is O=C(CSc1nnc(Br)n1-c1ccc(C2CC2)c2ccccc12)OBr. The van der Waals surface area contributed by atoms with E-state index in [1.807, 2.05) is 10.6 Å². The summed E-state index contributed by atoms with van der Waals surface area (Å²) in [6, 6.07) is 12.7. The van der Waals surface area contributed by atoms with Crippen molar-refractivity contribution < 1.29 is 8.62 Å². The number of carbonyl (C=O) groups excluding carboxylic acids is 1. The topological polar surface area (TPSA) is 57.0 Å². The Kier molecular flexibility index (Phi) is 4.84. The zero-order chi connectivity index (χ0) is 17.4. The van der Waals surface area contributed by atoms with E-state index in [4.69, 9.17) is 0 Å². The molecular formula is C17H13Br2N3O2S. The van der Waals surface area contributed by atoms with Crippen molar-refractivity contribution in [3.63, 3.8) is 0 Å². The molecule has 5 nitrogen and oxygen atoms in total. The van der Waals surface area contributed by atoms with Crippen LogP contribution in [0.4, 0.5) is 0 Å². The zero-order valence-electron chi connectivity index (χ0n) is 13.0. The number of fused-ring (bicyclic) bond motifs is 1. The first-order valence-electron chi connectivity index (χ1n) is 7.76. The van der Waals surface area contributed by atoms with E-state index in [0.717, 1.165) is 11.1 Å². The van der Waals surface area contributed by atoms with Crippen molar-refractivity contribution >= 4 is 60.7 Å². The normalized spacial score (nSPS) is 14.0. The Labute approximate surface area is 165 Å². The van der Waals surface area contributed by atoms with Gasteiger partial charge >= 0.3 is 5.97 Å². The molecule has 1 aliphatic carbocycles. The van der Waals surface area contributed by atoms with Gasteiger partial charge in [-0.15, -0.1) is 10.2 Å². The van der Waals surface area contributed by atoms with Gasteiger partial charge in [0.05, 0.1) is 5.69 Å². The largest absolute Gasteiger partial charge is 0.383 e. The van der Waals surface area contributed by atoms with Gasteiger partial charge in [0.1, 0.15) is 5.75 Å². The van der Waals surface area contributed by atoms with Gasteiger partial charge in [-0.25, -0.2) is 0 Å². The van der Waals surface area contributed by atoms with Gasteiger partial charge in [-0.1, -0.05) is 42.1 Å². The molecule has 0 N–H and O–H groups in total. The second-order valence-electron chi connectivity index (χ2n) is 5.82. The molecule has 0 radical (unpaired) electrons. The van der Waals surface area contributed by atoms with Crippen LogP contribution in [-0.4, -0.2) is 26.5 Å². The minimum absolute atomic E-state index is 0.147. The van der Waals surface area contributed by atoms with Gasteiger partial charge in [-0.05, 0) is 51.7 Å². The summed E-state index contributed by atoms with van der Waals surface area (Å²) >= 11 is 7.46. The summed E-state index contributed by atoms with van der Waals surface area (Å²) in [6.07, 6.45) is 2.52. The highest BCUT2D eigenvalue weighted by Crippen LogP contribution is 2.44. The summed E-state index contributed by atoms with van der Waals surface area (Å²) in [7, 11) is 0. The van der Waals surface area contributed by atoms with Crippen molar-refractivity contribution in [2.45, 2.75) is 23.9 Å². The van der Waals surface area contributed by atoms with Gasteiger partial charge in [0, 0.05) is 5.39 Å². The van der Waals surface area contributed by atoms with Crippen LogP contribution < -0.4 is 0 Å². The maximum atomic E-state index is 11.4. The number of benzene rings is 2. The molecule has 0 amide bonds. The number of thioether (sulfide) groups is 1. The zero-order valence-corrected chi connectivity index (χ0v) is 17.0. The van der Waals surface area contributed by atoms with E-state index in [1.165, 1.54) is 35.6 Å². The Hall–Kier alpha value is -1.38. The van der Waals surface area contributed by atoms with E-state index in [-0.39, 0.29) is 11.7 Å². The fraction of sp³-hybridized carbons (Fsp3) is 0.235. The Morgan fingerprint density at radius 3 is 2.68 bits per heavy atom. The van der Waals surface area contributed by atoms with Crippen LogP contribution in [0.2, 0.25) is 0 Å². The lowest BCUT2D eigenvalue weighted by Crippen LogP contribution is -2.04. The summed E-state index contributed by atoms with van der Waals surface area (Å²) in [5.41, 5.74) is 2.40. The number of rotatable bonds is 5. The third-order valence-electron chi connectivity index (χ3n) is 4.19. The van der Waals surface area contributed by atoms with Crippen LogP contribution in [0.15, 0.2) is 46.3 Å². The van der Waals surface area contributed by atoms with E-state index in [0.29, 0.717) is 15.8 Å². The van der Waals surface area contributed by atoms with Crippen LogP contribution >= 0.6 is 44.0 Å². The maximum absolute atomic E-state index is 11.4. The van der Waals surface area contributed by atoms with Crippen molar-refractivity contribution in [2.75, 3.05) is 5.75 Å². The highest BCUT2D eigenvalue weighted by atomic mass is 79.9. The average molecular weight is 483 g/mol. The van der Waals surface area contributed by atoms with Gasteiger partial charge in [0.25, 0.3) is 0 Å². The smallest absolute Gasteiger partial charge is 0.327 e. The van der Waals surface area contributed by atoms with E-state index in [1.54, 1.807) is 0 Å². The molecular weight excluding hydrogens is 470 g/mol. The fourth-order valence-electron chi connectivity index (χ4n) is 2.95. The van der Waals surface area contributed by atoms with Crippen molar-refractivity contribution in [1.29, 1.82) is 0 Å². The monoisotopic (exact) mass is 481 g/mol. The third-order valence-corrected chi connectivity index (χ3v) is 5.97. The first kappa shape index (κ1) is 17.1. The highest BCUT2D eigenvalue weighted by molar-refractivity contribution is 9.10. The maximum Gasteiger partial charge on any atom is 0.327 e. The lowest BCUT2D eigenvalue weighted by atomic mass is 9.99. The summed E-state index contributed by atoms with van der Waals surface area (Å²) < 4.78 is 7.05. The molecule has 0 bridgehead atoms. The van der Waals surface area contributed by atoms with Gasteiger partial charge in [0.2, 0.25) is 4.73 Å². The van der Waals surface area contributed by atoms with Crippen LogP contribution in [0.5, 0.6) is 0 Å². The Morgan fingerprint density at radius 2 is 1.96 bits per heavy atom. The third kappa shape index (κ3) is 3.35. The van der Waals surface area contributed by atoms with Crippen molar-refractivity contribution in [2.24, 2.45) is 0 Å². The number of nitrogens with zero attached hydrogens (tertiary/aromatic N) is 3. The number of hydrogen-bond acceptors (Lipinski definition) is 5. The summed E-state index contributed by atoms with van der Waals surface area (Å²) in [5.74, 6) is 0.449. The molecule has 1 fully saturated rings. The van der Waals surface area contributed by atoms with E-state index in [9.17, 15) is 4.79 Å². The molecule has 0 atom stereocenters. The summed E-state index contributed by atoms with van der Waals surface area (Å²) in [6.45, 7) is 0. The quantitative estimate of drug-likeness (QED) is 0.478. The average Bonchev–Trinajstić information content (AvgIpc) is 3.42. The molecule has 1 heterocycles. The molecule has 25 heavy (non-hydrogen) atoms. The highest BCUT2D eigenvalue weighted by Gasteiger charge is 2.26. The van der Waals surface area contributed by atoms with Crippen LogP contribution in [0.25, 0.3) is 16.5 Å². The Bertz CT molecular complexity index is 956. The number of halogens is 2. The van der Waals surface area contributed by atoms with Gasteiger partial charge in [-0.2, -0.15) is 0 Å². The number of aromatic nitrogens is 3. The number of hydrogen-bond donors (Lipinski definition) is 0. The lowest BCUT2D eigenvalue weighted by molar-refractivity contribution is -0.129. The minimum atomic E-state index is -0.371. The molecule has 0 unspecified atom stereocenters. The molecule has 3 aromatic rings. The standard InChI is InChI=1S/C17H13Br2N3O2S/c18-16-20-21-17(25-9-15(23)24-19)22(16)14-8-7-11(10-5-6-10)12-3-1-2-4-13(12)14/h1-4,7-8,10H,5-6,9H2. The van der Waals surface area contributed by atoms with Crippen molar-refractivity contribution in [3.05, 3.63) is 46.7 Å². The fourth-order valence-corrected chi connectivity index (χ4v) is 4.49. The molecule has 1 saturated carbocycles. The molecule has 0 aliphatic heterocycles. The molecule has 4 rings (SSSR count). The molecule has 0 saturated heterocycles. The molecule has 1 aromatic heterocycles. The van der Waals surface area contributed by atoms with Crippen LogP contribution in [0.1, 0.15) is 24.3 Å². The molecule has 0 spiro atoms. The minimum Gasteiger partial charge on any atom is -0.383 e.